The number of benzene rings is 2. The molecule has 0 aliphatic rings. The molecule has 0 saturated heterocycles. The molecule has 3 rings (SSSR count). The fourth-order valence-corrected chi connectivity index (χ4v) is 3.06. The highest BCUT2D eigenvalue weighted by molar-refractivity contribution is 7.99. The number of amides is 1. The number of esters is 1. The van der Waals surface area contributed by atoms with Gasteiger partial charge in [0.1, 0.15) is 10.8 Å². The number of nitrogens with one attached hydrogen (secondary N) is 1. The summed E-state index contributed by atoms with van der Waals surface area (Å²) in [6, 6.07) is 14.9. The lowest BCUT2D eigenvalue weighted by Crippen LogP contribution is -2.28. The minimum Gasteiger partial charge on any atom is -0.496 e. The van der Waals surface area contributed by atoms with Gasteiger partial charge in [-0.2, -0.15) is 0 Å². The maximum absolute atomic E-state index is 11.9. The van der Waals surface area contributed by atoms with E-state index in [0.717, 1.165) is 16.6 Å². The van der Waals surface area contributed by atoms with E-state index in [1.807, 2.05) is 48.5 Å². The second kappa shape index (κ2) is 9.70. The van der Waals surface area contributed by atoms with E-state index >= 15 is 0 Å². The fourth-order valence-electron chi connectivity index (χ4n) is 2.42. The van der Waals surface area contributed by atoms with Gasteiger partial charge in [-0.15, -0.1) is 0 Å². The topological polar surface area (TPSA) is 90.4 Å². The molecular weight excluding hydrogens is 378 g/mol. The Morgan fingerprint density at radius 1 is 1.07 bits per heavy atom. The number of aromatic nitrogens is 2. The summed E-state index contributed by atoms with van der Waals surface area (Å²) in [4.78, 5) is 32.5. The van der Waals surface area contributed by atoms with Crippen molar-refractivity contribution in [2.75, 3.05) is 19.5 Å². The summed E-state index contributed by atoms with van der Waals surface area (Å²) >= 11 is 1.21. The Morgan fingerprint density at radius 2 is 1.82 bits per heavy atom. The number of ether oxygens (including phenoxy) is 2. The van der Waals surface area contributed by atoms with Gasteiger partial charge in [0, 0.05) is 12.1 Å². The summed E-state index contributed by atoms with van der Waals surface area (Å²) in [6.45, 7) is -0.0419. The summed E-state index contributed by atoms with van der Waals surface area (Å²) < 4.78 is 10.2. The standard InChI is InChI=1S/C20H19N3O4S/c1-26-17-9-5-2-6-14(17)10-22-18(24)12-27-20(25)13-28-19-11-21-15-7-3-4-8-16(15)23-19/h2-9,11H,10,12-13H2,1H3,(H,22,24). The third-order valence-corrected chi connectivity index (χ3v) is 4.67. The van der Waals surface area contributed by atoms with Crippen molar-refractivity contribution in [2.24, 2.45) is 0 Å². The van der Waals surface area contributed by atoms with E-state index in [1.54, 1.807) is 13.3 Å². The van der Waals surface area contributed by atoms with Gasteiger partial charge in [0.25, 0.3) is 5.91 Å². The number of thioether (sulfide) groups is 1. The van der Waals surface area contributed by atoms with Crippen molar-refractivity contribution < 1.29 is 19.1 Å². The number of hydrogen-bond donors (Lipinski definition) is 1. The molecule has 8 heteroatoms. The molecule has 144 valence electrons. The molecule has 0 unspecified atom stereocenters. The molecule has 0 radical (unpaired) electrons. The molecule has 1 aromatic heterocycles. The first-order valence-corrected chi connectivity index (χ1v) is 9.53. The first-order valence-electron chi connectivity index (χ1n) is 8.54. The van der Waals surface area contributed by atoms with Crippen LogP contribution in [0, 0.1) is 0 Å². The highest BCUT2D eigenvalue weighted by Gasteiger charge is 2.10. The van der Waals surface area contributed by atoms with Crippen LogP contribution in [-0.4, -0.2) is 41.3 Å². The minimum atomic E-state index is -0.493. The molecule has 0 aliphatic heterocycles. The lowest BCUT2D eigenvalue weighted by molar-refractivity contribution is -0.145. The van der Waals surface area contributed by atoms with Gasteiger partial charge >= 0.3 is 5.97 Å². The Hall–Kier alpha value is -3.13. The van der Waals surface area contributed by atoms with E-state index < -0.39 is 5.97 Å². The Bertz CT molecular complexity index is 980. The van der Waals surface area contributed by atoms with Gasteiger partial charge in [-0.3, -0.25) is 14.6 Å². The maximum atomic E-state index is 11.9. The molecule has 1 N–H and O–H groups in total. The highest BCUT2D eigenvalue weighted by atomic mass is 32.2. The van der Waals surface area contributed by atoms with E-state index in [4.69, 9.17) is 9.47 Å². The summed E-state index contributed by atoms with van der Waals surface area (Å²) in [5, 5.41) is 3.32. The highest BCUT2D eigenvalue weighted by Crippen LogP contribution is 2.18. The van der Waals surface area contributed by atoms with Crippen molar-refractivity contribution in [3.63, 3.8) is 0 Å². The van der Waals surface area contributed by atoms with Gasteiger partial charge in [0.05, 0.1) is 30.1 Å². The minimum absolute atomic E-state index is 0.0484. The summed E-state index contributed by atoms with van der Waals surface area (Å²) in [5.74, 6) is -0.137. The zero-order valence-corrected chi connectivity index (χ0v) is 16.1. The Balaban J connectivity index is 1.41. The molecule has 28 heavy (non-hydrogen) atoms. The molecule has 0 aliphatic carbocycles. The number of hydrogen-bond acceptors (Lipinski definition) is 7. The molecule has 0 saturated carbocycles. The van der Waals surface area contributed by atoms with E-state index in [0.29, 0.717) is 17.3 Å². The third kappa shape index (κ3) is 5.43. The molecule has 1 heterocycles. The molecule has 0 fully saturated rings. The Morgan fingerprint density at radius 3 is 2.64 bits per heavy atom. The molecule has 0 bridgehead atoms. The number of rotatable bonds is 8. The SMILES string of the molecule is COc1ccccc1CNC(=O)COC(=O)CSc1cnc2ccccc2n1. The van der Waals surface area contributed by atoms with Gasteiger partial charge < -0.3 is 14.8 Å². The maximum Gasteiger partial charge on any atom is 0.316 e. The van der Waals surface area contributed by atoms with Crippen molar-refractivity contribution in [1.82, 2.24) is 15.3 Å². The second-order valence-corrected chi connectivity index (χ2v) is 6.73. The number of carbonyl (C=O) groups is 2. The largest absolute Gasteiger partial charge is 0.496 e. The lowest BCUT2D eigenvalue weighted by atomic mass is 10.2. The molecule has 7 nitrogen and oxygen atoms in total. The van der Waals surface area contributed by atoms with Gasteiger partial charge in [0.2, 0.25) is 0 Å². The smallest absolute Gasteiger partial charge is 0.316 e. The number of para-hydroxylation sites is 3. The Labute approximate surface area is 166 Å². The zero-order chi connectivity index (χ0) is 19.8. The quantitative estimate of drug-likeness (QED) is 0.461. The molecular formula is C20H19N3O4S. The summed E-state index contributed by atoms with van der Waals surface area (Å²) in [5.41, 5.74) is 2.40. The van der Waals surface area contributed by atoms with Gasteiger partial charge in [-0.1, -0.05) is 42.1 Å². The van der Waals surface area contributed by atoms with Crippen LogP contribution in [0.3, 0.4) is 0 Å². The van der Waals surface area contributed by atoms with Crippen LogP contribution in [0.2, 0.25) is 0 Å². The predicted molar refractivity (Wildman–Crippen MR) is 106 cm³/mol. The fraction of sp³-hybridized carbons (Fsp3) is 0.200. The average molecular weight is 397 g/mol. The number of fused-ring (bicyclic) bond motifs is 1. The van der Waals surface area contributed by atoms with E-state index in [1.165, 1.54) is 11.8 Å². The molecule has 0 spiro atoms. The molecule has 2 aromatic carbocycles. The van der Waals surface area contributed by atoms with Crippen molar-refractivity contribution in [2.45, 2.75) is 11.6 Å². The van der Waals surface area contributed by atoms with E-state index in [2.05, 4.69) is 15.3 Å². The monoisotopic (exact) mass is 397 g/mol. The van der Waals surface area contributed by atoms with Crippen LogP contribution in [-0.2, 0) is 20.9 Å². The van der Waals surface area contributed by atoms with Crippen LogP contribution >= 0.6 is 11.8 Å². The Kier molecular flexibility index (Phi) is 6.80. The van der Waals surface area contributed by atoms with Crippen LogP contribution in [0.15, 0.2) is 59.8 Å². The van der Waals surface area contributed by atoms with Crippen LogP contribution in [0.1, 0.15) is 5.56 Å². The van der Waals surface area contributed by atoms with E-state index in [-0.39, 0.29) is 18.3 Å². The molecule has 0 atom stereocenters. The van der Waals surface area contributed by atoms with Crippen molar-refractivity contribution in [3.8, 4) is 5.75 Å². The number of methoxy groups -OCH3 is 1. The second-order valence-electron chi connectivity index (χ2n) is 5.73. The molecule has 1 amide bonds. The van der Waals surface area contributed by atoms with Crippen molar-refractivity contribution in [1.29, 1.82) is 0 Å². The predicted octanol–water partition coefficient (Wildman–Crippen LogP) is 2.59. The van der Waals surface area contributed by atoms with Crippen molar-refractivity contribution >= 4 is 34.7 Å². The first-order chi connectivity index (χ1) is 13.7. The first kappa shape index (κ1) is 19.6. The van der Waals surface area contributed by atoms with Crippen LogP contribution in [0.5, 0.6) is 5.75 Å². The number of carbonyl (C=O) groups excluding carboxylic acids is 2. The lowest BCUT2D eigenvalue weighted by Gasteiger charge is -2.09. The van der Waals surface area contributed by atoms with Crippen LogP contribution in [0.25, 0.3) is 11.0 Å². The zero-order valence-electron chi connectivity index (χ0n) is 15.3. The summed E-state index contributed by atoms with van der Waals surface area (Å²) in [7, 11) is 1.57. The number of nitrogens with zero attached hydrogens (tertiary/aromatic N) is 2. The third-order valence-electron chi connectivity index (χ3n) is 3.80. The normalized spacial score (nSPS) is 10.5. The van der Waals surface area contributed by atoms with Gasteiger partial charge in [-0.05, 0) is 18.2 Å². The summed E-state index contributed by atoms with van der Waals surface area (Å²) in [6.07, 6.45) is 1.61. The van der Waals surface area contributed by atoms with E-state index in [9.17, 15) is 9.59 Å². The van der Waals surface area contributed by atoms with Crippen LogP contribution in [0.4, 0.5) is 0 Å². The average Bonchev–Trinajstić information content (AvgIpc) is 2.74. The van der Waals surface area contributed by atoms with Crippen LogP contribution < -0.4 is 10.1 Å². The van der Waals surface area contributed by atoms with Gasteiger partial charge in [-0.25, -0.2) is 4.98 Å². The molecule has 3 aromatic rings. The van der Waals surface area contributed by atoms with Gasteiger partial charge in [0.15, 0.2) is 6.61 Å². The van der Waals surface area contributed by atoms with Crippen molar-refractivity contribution in [3.05, 3.63) is 60.3 Å².